The molecule has 0 aromatic carbocycles. The molecule has 0 rings (SSSR count). The monoisotopic (exact) mass is 142 g/mol. The van der Waals surface area contributed by atoms with Crippen LogP contribution in [0.4, 0.5) is 0 Å². The molecule has 0 atom stereocenters. The Morgan fingerprint density at radius 2 is 1.82 bits per heavy atom. The van der Waals surface area contributed by atoms with Gasteiger partial charge in [-0.3, -0.25) is 0 Å². The second-order valence-corrected chi connectivity index (χ2v) is 1.75. The van der Waals surface area contributed by atoms with Crippen LogP contribution in [0.1, 0.15) is 6.92 Å². The van der Waals surface area contributed by atoms with Gasteiger partial charge in [-0.1, -0.05) is 0 Å². The molecule has 0 aliphatic carbocycles. The summed E-state index contributed by atoms with van der Waals surface area (Å²) >= 11 is 0. The quantitative estimate of drug-likeness (QED) is 0.380. The predicted molar refractivity (Wildman–Crippen MR) is 41.7 cm³/mol. The van der Waals surface area contributed by atoms with Crippen LogP contribution in [0.2, 0.25) is 0 Å². The molecule has 0 fully saturated rings. The second kappa shape index (κ2) is 4.04. The van der Waals surface area contributed by atoms with Crippen molar-refractivity contribution in [1.29, 1.82) is 17.1 Å². The van der Waals surface area contributed by atoms with Crippen molar-refractivity contribution in [2.75, 3.05) is 0 Å². The maximum absolute atomic E-state index is 8.45. The molecule has 0 N–H and O–H groups in total. The summed E-state index contributed by atoms with van der Waals surface area (Å²) in [5.41, 5.74) is 0.153. The molecule has 0 saturated heterocycles. The summed E-state index contributed by atoms with van der Waals surface area (Å²) in [6.45, 7) is 1.46. The van der Waals surface area contributed by atoms with Crippen molar-refractivity contribution in [3.8, 4) is 18.2 Å². The Balaban J connectivity index is 5.24. The van der Waals surface area contributed by atoms with Crippen molar-refractivity contribution in [2.45, 2.75) is 6.92 Å². The van der Waals surface area contributed by atoms with Gasteiger partial charge in [-0.2, -0.15) is 0 Å². The first-order valence-corrected chi connectivity index (χ1v) is 2.71. The normalized spacial score (nSPS) is 9.27. The SMILES string of the molecule is [2H]B=C(C#N)C(C)=C(C#N)C#N. The fraction of sp³-hybridized carbons (Fsp3) is 0.143. The summed E-state index contributed by atoms with van der Waals surface area (Å²) in [5.74, 6) is 0. The minimum atomic E-state index is -0.130. The topological polar surface area (TPSA) is 71.4 Å². The Morgan fingerprint density at radius 1 is 1.27 bits per heavy atom. The third kappa shape index (κ3) is 2.09. The van der Waals surface area contributed by atoms with Gasteiger partial charge in [0.1, 0.15) is 0 Å². The van der Waals surface area contributed by atoms with Crippen LogP contribution in [0.15, 0.2) is 11.1 Å². The molecule has 0 aliphatic rings. The Kier molecular flexibility index (Phi) is 2.66. The average Bonchev–Trinajstić information content (AvgIpc) is 2.09. The zero-order valence-electron chi connectivity index (χ0n) is 6.92. The van der Waals surface area contributed by atoms with E-state index in [0.717, 1.165) is 7.45 Å². The first-order chi connectivity index (χ1) is 5.71. The van der Waals surface area contributed by atoms with Gasteiger partial charge in [0.25, 0.3) is 0 Å². The van der Waals surface area contributed by atoms with Gasteiger partial charge in [0.2, 0.25) is 0 Å². The molecular weight excluding hydrogens is 137 g/mol. The van der Waals surface area contributed by atoms with Gasteiger partial charge in [-0.15, -0.1) is 0 Å². The molecule has 0 aromatic heterocycles. The van der Waals surface area contributed by atoms with Crippen LogP contribution >= 0.6 is 0 Å². The van der Waals surface area contributed by atoms with E-state index in [1.54, 1.807) is 18.2 Å². The van der Waals surface area contributed by atoms with Crippen molar-refractivity contribution in [3.05, 3.63) is 11.1 Å². The molecule has 0 amide bonds. The van der Waals surface area contributed by atoms with Crippen LogP contribution in [0.25, 0.3) is 0 Å². The molecular formula is C7H4BN3. The molecule has 0 aromatic rings. The van der Waals surface area contributed by atoms with Crippen molar-refractivity contribution < 1.29 is 0 Å². The molecule has 50 valence electrons. The molecule has 0 unspecified atom stereocenters. The van der Waals surface area contributed by atoms with E-state index in [1.807, 2.05) is 0 Å². The fourth-order valence-corrected chi connectivity index (χ4v) is 0.411. The van der Waals surface area contributed by atoms with Crippen molar-refractivity contribution in [2.24, 2.45) is 0 Å². The summed E-state index contributed by atoms with van der Waals surface area (Å²) in [7, 11) is 0.823. The molecule has 0 bridgehead atoms. The van der Waals surface area contributed by atoms with Crippen molar-refractivity contribution >= 4 is 12.9 Å². The van der Waals surface area contributed by atoms with E-state index in [-0.39, 0.29) is 16.6 Å². The number of nitriles is 3. The average molecular weight is 142 g/mol. The van der Waals surface area contributed by atoms with E-state index in [4.69, 9.17) is 17.1 Å². The van der Waals surface area contributed by atoms with Crippen LogP contribution in [-0.4, -0.2) is 14.3 Å². The Labute approximate surface area is 67.2 Å². The number of hydrogen-bond acceptors (Lipinski definition) is 3. The number of allylic oxidation sites excluding steroid dienone is 2. The van der Waals surface area contributed by atoms with Gasteiger partial charge in [-0.25, -0.2) is 0 Å². The van der Waals surface area contributed by atoms with E-state index in [1.165, 1.54) is 6.92 Å². The van der Waals surface area contributed by atoms with Gasteiger partial charge in [0.15, 0.2) is 0 Å². The van der Waals surface area contributed by atoms with Gasteiger partial charge in [0, 0.05) is 0 Å². The van der Waals surface area contributed by atoms with Gasteiger partial charge < -0.3 is 0 Å². The Morgan fingerprint density at radius 3 is 2.09 bits per heavy atom. The van der Waals surface area contributed by atoms with E-state index < -0.39 is 0 Å². The van der Waals surface area contributed by atoms with Gasteiger partial charge in [0.05, 0.1) is 0 Å². The second-order valence-electron chi connectivity index (χ2n) is 1.75. The first-order valence-electron chi connectivity index (χ1n) is 3.29. The maximum atomic E-state index is 8.45. The number of hydrogen-bond donors (Lipinski definition) is 0. The molecule has 4 heteroatoms. The van der Waals surface area contributed by atoms with Crippen molar-refractivity contribution in [3.63, 3.8) is 0 Å². The Bertz CT molecular complexity index is 346. The summed E-state index contributed by atoms with van der Waals surface area (Å²) in [5, 5.41) is 25.3. The van der Waals surface area contributed by atoms with Crippen LogP contribution in [0.5, 0.6) is 0 Å². The number of nitrogens with zero attached hydrogens (tertiary/aromatic N) is 3. The predicted octanol–water partition coefficient (Wildman–Crippen LogP) is -0.0532. The van der Waals surface area contributed by atoms with Crippen molar-refractivity contribution in [1.82, 2.24) is 0 Å². The van der Waals surface area contributed by atoms with Crippen LogP contribution in [0.3, 0.4) is 0 Å². The summed E-state index contributed by atoms with van der Waals surface area (Å²) in [6.07, 6.45) is 0. The van der Waals surface area contributed by atoms with Gasteiger partial charge in [-0.05, 0) is 0 Å². The number of rotatable bonds is 1. The molecule has 0 aliphatic heterocycles. The van der Waals surface area contributed by atoms with E-state index >= 15 is 0 Å². The molecule has 11 heavy (non-hydrogen) atoms. The summed E-state index contributed by atoms with van der Waals surface area (Å²) < 4.78 is 6.80. The van der Waals surface area contributed by atoms with E-state index in [9.17, 15) is 0 Å². The third-order valence-corrected chi connectivity index (χ3v) is 1.12. The van der Waals surface area contributed by atoms with Crippen LogP contribution < -0.4 is 0 Å². The molecule has 0 radical (unpaired) electrons. The van der Waals surface area contributed by atoms with E-state index in [0.29, 0.717) is 0 Å². The molecule has 0 saturated carbocycles. The standard InChI is InChI=1S/C7H4BN3/c1-5(7(8)4-11)6(2-9)3-10/h8H,1H3/i8D. The molecule has 0 spiro atoms. The summed E-state index contributed by atoms with van der Waals surface area (Å²) in [6, 6.07) is 5.00. The first kappa shape index (κ1) is 7.25. The molecule has 3 nitrogen and oxygen atoms in total. The van der Waals surface area contributed by atoms with E-state index in [2.05, 4.69) is 0 Å². The third-order valence-electron chi connectivity index (χ3n) is 1.12. The zero-order chi connectivity index (χ0) is 9.56. The van der Waals surface area contributed by atoms with Crippen LogP contribution in [-0.2, 0) is 0 Å². The molecule has 0 heterocycles. The van der Waals surface area contributed by atoms with Crippen LogP contribution in [0, 0.1) is 34.0 Å². The van der Waals surface area contributed by atoms with Gasteiger partial charge >= 0.3 is 66.3 Å². The minimum absolute atomic E-state index is 0.0353. The fourth-order valence-electron chi connectivity index (χ4n) is 0.411. The zero-order valence-corrected chi connectivity index (χ0v) is 5.92. The Hall–Kier alpha value is -1.86. The summed E-state index contributed by atoms with van der Waals surface area (Å²) in [4.78, 5) is 0.